The van der Waals surface area contributed by atoms with Crippen LogP contribution in [0.1, 0.15) is 0 Å². The number of methoxy groups -OCH3 is 1. The van der Waals surface area contributed by atoms with E-state index in [1.807, 2.05) is 0 Å². The van der Waals surface area contributed by atoms with Gasteiger partial charge in [-0.15, -0.1) is 5.10 Å². The first kappa shape index (κ1) is 12.2. The molecule has 0 aromatic carbocycles. The molecular formula is C10H8ClN3O4. The smallest absolute Gasteiger partial charge is 0.480 e. The van der Waals surface area contributed by atoms with Crippen LogP contribution in [0.15, 0.2) is 24.4 Å². The minimum absolute atomic E-state index is 0.0556. The standard InChI is InChI=1S/C10H8ClN3O4/c1-17-7-5-8(18-10(15)16)14(13-7)9-6(11)3-2-4-12-9/h2-5H,1H3,(H,15,16). The molecule has 0 bridgehead atoms. The molecule has 2 aromatic heterocycles. The summed E-state index contributed by atoms with van der Waals surface area (Å²) < 4.78 is 10.6. The Morgan fingerprint density at radius 3 is 2.94 bits per heavy atom. The molecule has 7 nitrogen and oxygen atoms in total. The normalized spacial score (nSPS) is 10.1. The molecule has 0 radical (unpaired) electrons. The quantitative estimate of drug-likeness (QED) is 0.858. The van der Waals surface area contributed by atoms with Crippen LogP contribution in [0.25, 0.3) is 5.82 Å². The Morgan fingerprint density at radius 2 is 2.33 bits per heavy atom. The van der Waals surface area contributed by atoms with Gasteiger partial charge in [0.2, 0.25) is 11.8 Å². The Bertz CT molecular complexity index is 584. The highest BCUT2D eigenvalue weighted by Crippen LogP contribution is 2.26. The first-order valence-electron chi connectivity index (χ1n) is 4.77. The summed E-state index contributed by atoms with van der Waals surface area (Å²) in [6.45, 7) is 0. The maximum atomic E-state index is 10.6. The summed E-state index contributed by atoms with van der Waals surface area (Å²) >= 11 is 5.95. The van der Waals surface area contributed by atoms with Crippen molar-refractivity contribution in [2.75, 3.05) is 7.11 Å². The number of ether oxygens (including phenoxy) is 2. The van der Waals surface area contributed by atoms with E-state index in [0.29, 0.717) is 5.02 Å². The van der Waals surface area contributed by atoms with E-state index in [1.165, 1.54) is 19.4 Å². The maximum absolute atomic E-state index is 10.6. The molecule has 1 N–H and O–H groups in total. The van der Waals surface area contributed by atoms with Gasteiger partial charge in [0.05, 0.1) is 18.2 Å². The van der Waals surface area contributed by atoms with Crippen LogP contribution in [0, 0.1) is 0 Å². The second-order valence-corrected chi connectivity index (χ2v) is 3.52. The van der Waals surface area contributed by atoms with E-state index >= 15 is 0 Å². The molecule has 0 saturated carbocycles. The van der Waals surface area contributed by atoms with Gasteiger partial charge in [0.15, 0.2) is 5.82 Å². The monoisotopic (exact) mass is 269 g/mol. The van der Waals surface area contributed by atoms with Gasteiger partial charge in [-0.05, 0) is 12.1 Å². The van der Waals surface area contributed by atoms with Crippen LogP contribution in [-0.2, 0) is 0 Å². The third kappa shape index (κ3) is 2.35. The summed E-state index contributed by atoms with van der Waals surface area (Å²) in [7, 11) is 1.40. The van der Waals surface area contributed by atoms with Crippen LogP contribution < -0.4 is 9.47 Å². The lowest BCUT2D eigenvalue weighted by molar-refractivity contribution is 0.141. The van der Waals surface area contributed by atoms with Crippen LogP contribution in [0.4, 0.5) is 4.79 Å². The van der Waals surface area contributed by atoms with Crippen molar-refractivity contribution in [1.29, 1.82) is 0 Å². The molecule has 0 atom stereocenters. The summed E-state index contributed by atoms with van der Waals surface area (Å²) in [6.07, 6.45) is 0.0331. The third-order valence-electron chi connectivity index (χ3n) is 1.99. The van der Waals surface area contributed by atoms with Crippen LogP contribution in [0.5, 0.6) is 11.8 Å². The average molecular weight is 270 g/mol. The van der Waals surface area contributed by atoms with Crippen molar-refractivity contribution in [2.24, 2.45) is 0 Å². The molecule has 8 heteroatoms. The fraction of sp³-hybridized carbons (Fsp3) is 0.100. The zero-order valence-corrected chi connectivity index (χ0v) is 9.96. The highest BCUT2D eigenvalue weighted by molar-refractivity contribution is 6.32. The lowest BCUT2D eigenvalue weighted by atomic mass is 10.4. The molecule has 0 saturated heterocycles. The molecule has 0 amide bonds. The average Bonchev–Trinajstić information content (AvgIpc) is 2.72. The third-order valence-corrected chi connectivity index (χ3v) is 2.29. The second kappa shape index (κ2) is 4.92. The van der Waals surface area contributed by atoms with E-state index < -0.39 is 6.16 Å². The summed E-state index contributed by atoms with van der Waals surface area (Å²) in [5.74, 6) is 0.381. The van der Waals surface area contributed by atoms with Gasteiger partial charge < -0.3 is 14.6 Å². The summed E-state index contributed by atoms with van der Waals surface area (Å²) in [6, 6.07) is 4.56. The van der Waals surface area contributed by atoms with Crippen molar-refractivity contribution in [3.05, 3.63) is 29.4 Å². The van der Waals surface area contributed by atoms with E-state index in [0.717, 1.165) is 4.68 Å². The van der Waals surface area contributed by atoms with Gasteiger partial charge in [0.1, 0.15) is 0 Å². The molecule has 18 heavy (non-hydrogen) atoms. The van der Waals surface area contributed by atoms with Crippen molar-refractivity contribution in [3.8, 4) is 17.6 Å². The highest BCUT2D eigenvalue weighted by atomic mass is 35.5. The highest BCUT2D eigenvalue weighted by Gasteiger charge is 2.17. The van der Waals surface area contributed by atoms with Gasteiger partial charge in [-0.25, -0.2) is 9.78 Å². The Labute approximate surface area is 107 Å². The van der Waals surface area contributed by atoms with Crippen LogP contribution in [0.3, 0.4) is 0 Å². The first-order valence-corrected chi connectivity index (χ1v) is 5.15. The number of rotatable bonds is 3. The Balaban J connectivity index is 2.52. The van der Waals surface area contributed by atoms with E-state index in [1.54, 1.807) is 12.1 Å². The Morgan fingerprint density at radius 1 is 1.56 bits per heavy atom. The van der Waals surface area contributed by atoms with Crippen LogP contribution in [-0.4, -0.2) is 33.1 Å². The molecule has 0 unspecified atom stereocenters. The number of pyridine rings is 1. The van der Waals surface area contributed by atoms with Crippen molar-refractivity contribution >= 4 is 17.8 Å². The topological polar surface area (TPSA) is 86.5 Å². The zero-order valence-electron chi connectivity index (χ0n) is 9.20. The summed E-state index contributed by atoms with van der Waals surface area (Å²) in [5, 5.41) is 12.9. The predicted octanol–water partition coefficient (Wildman–Crippen LogP) is 1.99. The van der Waals surface area contributed by atoms with Crippen LogP contribution >= 0.6 is 11.6 Å². The number of aromatic nitrogens is 3. The van der Waals surface area contributed by atoms with Gasteiger partial charge in [-0.3, -0.25) is 0 Å². The molecule has 2 aromatic rings. The molecule has 0 spiro atoms. The van der Waals surface area contributed by atoms with E-state index in [4.69, 9.17) is 21.4 Å². The number of hydrogen-bond acceptors (Lipinski definition) is 5. The number of carbonyl (C=O) groups is 1. The lowest BCUT2D eigenvalue weighted by Gasteiger charge is -2.05. The Hall–Kier alpha value is -2.28. The molecule has 0 aliphatic heterocycles. The number of hydrogen-bond donors (Lipinski definition) is 1. The largest absolute Gasteiger partial charge is 0.512 e. The van der Waals surface area contributed by atoms with Gasteiger partial charge in [0.25, 0.3) is 0 Å². The second-order valence-electron chi connectivity index (χ2n) is 3.11. The molecule has 0 aliphatic rings. The fourth-order valence-corrected chi connectivity index (χ4v) is 1.49. The molecule has 0 aliphatic carbocycles. The van der Waals surface area contributed by atoms with Crippen molar-refractivity contribution < 1.29 is 19.4 Å². The van der Waals surface area contributed by atoms with E-state index in [-0.39, 0.29) is 17.6 Å². The number of halogens is 1. The molecule has 2 rings (SSSR count). The lowest BCUT2D eigenvalue weighted by Crippen LogP contribution is -2.09. The Kier molecular flexibility index (Phi) is 3.33. The summed E-state index contributed by atoms with van der Waals surface area (Å²) in [5.41, 5.74) is 0. The molecule has 94 valence electrons. The van der Waals surface area contributed by atoms with Gasteiger partial charge in [0, 0.05) is 6.20 Å². The molecule has 2 heterocycles. The van der Waals surface area contributed by atoms with Crippen molar-refractivity contribution in [3.63, 3.8) is 0 Å². The minimum atomic E-state index is -1.47. The predicted molar refractivity (Wildman–Crippen MR) is 61.6 cm³/mol. The van der Waals surface area contributed by atoms with E-state index in [9.17, 15) is 4.79 Å². The van der Waals surface area contributed by atoms with Gasteiger partial charge in [-0.2, -0.15) is 4.68 Å². The first-order chi connectivity index (χ1) is 8.61. The maximum Gasteiger partial charge on any atom is 0.512 e. The van der Waals surface area contributed by atoms with Crippen molar-refractivity contribution in [1.82, 2.24) is 14.8 Å². The zero-order chi connectivity index (χ0) is 13.1. The van der Waals surface area contributed by atoms with Gasteiger partial charge >= 0.3 is 6.16 Å². The molecule has 0 fully saturated rings. The van der Waals surface area contributed by atoms with Crippen molar-refractivity contribution in [2.45, 2.75) is 0 Å². The number of nitrogens with zero attached hydrogens (tertiary/aromatic N) is 3. The van der Waals surface area contributed by atoms with E-state index in [2.05, 4.69) is 14.8 Å². The minimum Gasteiger partial charge on any atom is -0.480 e. The fourth-order valence-electron chi connectivity index (χ4n) is 1.29. The van der Waals surface area contributed by atoms with Crippen LogP contribution in [0.2, 0.25) is 5.02 Å². The van der Waals surface area contributed by atoms with Gasteiger partial charge in [-0.1, -0.05) is 11.6 Å². The summed E-state index contributed by atoms with van der Waals surface area (Å²) in [4.78, 5) is 14.6. The number of carboxylic acid groups (broad SMARTS) is 1. The molecular weight excluding hydrogens is 262 g/mol. The SMILES string of the molecule is COc1cc(OC(=O)O)n(-c2ncccc2Cl)n1.